The number of phenols is 1. The van der Waals surface area contributed by atoms with E-state index in [1.54, 1.807) is 39.0 Å². The summed E-state index contributed by atoms with van der Waals surface area (Å²) in [6.07, 6.45) is 2.18. The zero-order valence-corrected chi connectivity index (χ0v) is 22.7. The van der Waals surface area contributed by atoms with Crippen molar-refractivity contribution in [3.63, 3.8) is 0 Å². The number of hydrogen-bond acceptors (Lipinski definition) is 5. The van der Waals surface area contributed by atoms with E-state index in [1.165, 1.54) is 11.0 Å². The highest BCUT2D eigenvalue weighted by molar-refractivity contribution is 5.92. The Labute approximate surface area is 210 Å². The van der Waals surface area contributed by atoms with Gasteiger partial charge in [0.1, 0.15) is 23.4 Å². The lowest BCUT2D eigenvalue weighted by molar-refractivity contribution is -0.143. The number of nitrogens with zero attached hydrogens (tertiary/aromatic N) is 1. The number of hydrogen-bond donors (Lipinski definition) is 3. The van der Waals surface area contributed by atoms with E-state index in [0.717, 1.165) is 12.8 Å². The molecule has 0 aliphatic carbocycles. The van der Waals surface area contributed by atoms with E-state index in [4.69, 9.17) is 4.74 Å². The quantitative estimate of drug-likeness (QED) is 0.360. The Morgan fingerprint density at radius 3 is 2.17 bits per heavy atom. The first-order valence-corrected chi connectivity index (χ1v) is 12.6. The Morgan fingerprint density at radius 2 is 1.66 bits per heavy atom. The third kappa shape index (κ3) is 10.6. The van der Waals surface area contributed by atoms with Gasteiger partial charge in [-0.2, -0.15) is 0 Å². The van der Waals surface area contributed by atoms with E-state index in [1.807, 2.05) is 27.7 Å². The number of carbonyl (C=O) groups excluding carboxylic acids is 3. The van der Waals surface area contributed by atoms with Gasteiger partial charge in [-0.25, -0.2) is 4.79 Å². The minimum absolute atomic E-state index is 0.0646. The van der Waals surface area contributed by atoms with Gasteiger partial charge in [0.2, 0.25) is 11.8 Å². The van der Waals surface area contributed by atoms with E-state index in [2.05, 4.69) is 17.6 Å². The molecular weight excluding hydrogens is 446 g/mol. The number of phenolic OH excluding ortho intramolecular Hbond substituents is 1. The molecule has 0 aliphatic rings. The third-order valence-electron chi connectivity index (χ3n) is 5.20. The van der Waals surface area contributed by atoms with Crippen LogP contribution in [0.15, 0.2) is 24.3 Å². The van der Waals surface area contributed by atoms with E-state index in [9.17, 15) is 19.5 Å². The predicted molar refractivity (Wildman–Crippen MR) is 138 cm³/mol. The van der Waals surface area contributed by atoms with Crippen LogP contribution in [0, 0.1) is 5.92 Å². The van der Waals surface area contributed by atoms with Gasteiger partial charge in [0.05, 0.1) is 0 Å². The normalized spacial score (nSPS) is 13.3. The van der Waals surface area contributed by atoms with Gasteiger partial charge in [0, 0.05) is 18.2 Å². The SMILES string of the molecule is CCCCCN(C(=O)C(CC(C)C)NC(=O)OC(C)(C)C)C(C(=O)NC(C)C)c1ccccc1O. The number of carbonyl (C=O) groups is 3. The topological polar surface area (TPSA) is 108 Å². The molecule has 0 aliphatic heterocycles. The Morgan fingerprint density at radius 1 is 1.03 bits per heavy atom. The average Bonchev–Trinajstić information content (AvgIpc) is 2.71. The standard InChI is InChI=1S/C27H45N3O5/c1-9-10-13-16-30(23(24(32)28-19(4)5)20-14-11-12-15-22(20)31)25(33)21(17-18(2)3)29-26(34)35-27(6,7)8/h11-12,14-15,18-19,21,23,31H,9-10,13,16-17H2,1-8H3,(H,28,32)(H,29,34). The van der Waals surface area contributed by atoms with Crippen molar-refractivity contribution in [3.8, 4) is 5.75 Å². The molecule has 3 amide bonds. The van der Waals surface area contributed by atoms with Crippen LogP contribution in [0.5, 0.6) is 5.75 Å². The summed E-state index contributed by atoms with van der Waals surface area (Å²) in [5, 5.41) is 16.2. The molecule has 1 aromatic rings. The summed E-state index contributed by atoms with van der Waals surface area (Å²) >= 11 is 0. The molecule has 1 rings (SSSR count). The minimum atomic E-state index is -1.04. The Hall–Kier alpha value is -2.77. The summed E-state index contributed by atoms with van der Waals surface area (Å²) in [4.78, 5) is 41.5. The first-order chi connectivity index (χ1) is 16.3. The van der Waals surface area contributed by atoms with Crippen LogP contribution in [-0.4, -0.2) is 52.1 Å². The van der Waals surface area contributed by atoms with Crippen molar-refractivity contribution >= 4 is 17.9 Å². The molecule has 0 fully saturated rings. The predicted octanol–water partition coefficient (Wildman–Crippen LogP) is 4.92. The first-order valence-electron chi connectivity index (χ1n) is 12.6. The molecule has 1 aromatic carbocycles. The second-order valence-corrected chi connectivity index (χ2v) is 10.7. The first kappa shape index (κ1) is 30.3. The van der Waals surface area contributed by atoms with Gasteiger partial charge < -0.3 is 25.4 Å². The lowest BCUT2D eigenvalue weighted by Gasteiger charge is -2.35. The smallest absolute Gasteiger partial charge is 0.408 e. The Balaban J connectivity index is 3.48. The molecule has 3 N–H and O–H groups in total. The summed E-state index contributed by atoms with van der Waals surface area (Å²) in [6.45, 7) is 15.2. The zero-order chi connectivity index (χ0) is 26.8. The molecule has 2 unspecified atom stereocenters. The second-order valence-electron chi connectivity index (χ2n) is 10.7. The molecule has 0 radical (unpaired) electrons. The van der Waals surface area contributed by atoms with E-state index >= 15 is 0 Å². The van der Waals surface area contributed by atoms with Crippen LogP contribution < -0.4 is 10.6 Å². The number of aromatic hydroxyl groups is 1. The third-order valence-corrected chi connectivity index (χ3v) is 5.20. The number of para-hydroxylation sites is 1. The van der Waals surface area contributed by atoms with Gasteiger partial charge >= 0.3 is 6.09 Å². The van der Waals surface area contributed by atoms with Gasteiger partial charge in [-0.15, -0.1) is 0 Å². The van der Waals surface area contributed by atoms with E-state index in [-0.39, 0.29) is 29.5 Å². The van der Waals surface area contributed by atoms with Crippen molar-refractivity contribution in [1.82, 2.24) is 15.5 Å². The molecule has 198 valence electrons. The van der Waals surface area contributed by atoms with Crippen molar-refractivity contribution in [2.75, 3.05) is 6.54 Å². The fraction of sp³-hybridized carbons (Fsp3) is 0.667. The highest BCUT2D eigenvalue weighted by atomic mass is 16.6. The highest BCUT2D eigenvalue weighted by Crippen LogP contribution is 2.30. The van der Waals surface area contributed by atoms with Crippen molar-refractivity contribution < 1.29 is 24.2 Å². The monoisotopic (exact) mass is 491 g/mol. The van der Waals surface area contributed by atoms with Gasteiger partial charge in [-0.05, 0) is 59.4 Å². The number of nitrogens with one attached hydrogen (secondary N) is 2. The van der Waals surface area contributed by atoms with Crippen molar-refractivity contribution in [1.29, 1.82) is 0 Å². The van der Waals surface area contributed by atoms with Gasteiger partial charge in [-0.1, -0.05) is 51.8 Å². The molecule has 0 heterocycles. The van der Waals surface area contributed by atoms with Gasteiger partial charge in [-0.3, -0.25) is 9.59 Å². The van der Waals surface area contributed by atoms with E-state index < -0.39 is 23.8 Å². The molecule has 0 aromatic heterocycles. The second kappa shape index (κ2) is 14.0. The summed E-state index contributed by atoms with van der Waals surface area (Å²) in [6, 6.07) is 4.47. The molecule has 8 nitrogen and oxygen atoms in total. The molecule has 0 saturated carbocycles. The summed E-state index contributed by atoms with van der Waals surface area (Å²) in [5.41, 5.74) is -0.373. The molecule has 2 atom stereocenters. The van der Waals surface area contributed by atoms with Gasteiger partial charge in [0.15, 0.2) is 0 Å². The zero-order valence-electron chi connectivity index (χ0n) is 22.7. The number of amides is 3. The van der Waals surface area contributed by atoms with Crippen molar-refractivity contribution in [2.24, 2.45) is 5.92 Å². The Bertz CT molecular complexity index is 832. The lowest BCUT2D eigenvalue weighted by Crippen LogP contribution is -2.54. The maximum Gasteiger partial charge on any atom is 0.408 e. The number of ether oxygens (including phenoxy) is 1. The molecule has 0 spiro atoms. The molecule has 0 bridgehead atoms. The maximum absolute atomic E-state index is 14.0. The van der Waals surface area contributed by atoms with E-state index in [0.29, 0.717) is 24.9 Å². The minimum Gasteiger partial charge on any atom is -0.508 e. The van der Waals surface area contributed by atoms with Crippen molar-refractivity contribution in [2.45, 2.75) is 105 Å². The van der Waals surface area contributed by atoms with Crippen LogP contribution in [0.4, 0.5) is 4.79 Å². The summed E-state index contributed by atoms with van der Waals surface area (Å²) < 4.78 is 5.40. The average molecular weight is 492 g/mol. The summed E-state index contributed by atoms with van der Waals surface area (Å²) in [5.74, 6) is -0.727. The maximum atomic E-state index is 14.0. The highest BCUT2D eigenvalue weighted by Gasteiger charge is 2.37. The fourth-order valence-corrected chi connectivity index (χ4v) is 3.77. The van der Waals surface area contributed by atoms with Crippen LogP contribution in [0.2, 0.25) is 0 Å². The largest absolute Gasteiger partial charge is 0.508 e. The van der Waals surface area contributed by atoms with Gasteiger partial charge in [0.25, 0.3) is 0 Å². The fourth-order valence-electron chi connectivity index (χ4n) is 3.77. The number of rotatable bonds is 12. The number of alkyl carbamates (subject to hydrolysis) is 1. The molecule has 0 saturated heterocycles. The van der Waals surface area contributed by atoms with Crippen LogP contribution >= 0.6 is 0 Å². The van der Waals surface area contributed by atoms with Crippen molar-refractivity contribution in [3.05, 3.63) is 29.8 Å². The van der Waals surface area contributed by atoms with Crippen LogP contribution in [0.25, 0.3) is 0 Å². The lowest BCUT2D eigenvalue weighted by atomic mass is 9.98. The molecular formula is C27H45N3O5. The van der Waals surface area contributed by atoms with Crippen LogP contribution in [0.3, 0.4) is 0 Å². The van der Waals surface area contributed by atoms with Crippen LogP contribution in [-0.2, 0) is 14.3 Å². The Kier molecular flexibility index (Phi) is 12.1. The molecule has 35 heavy (non-hydrogen) atoms. The summed E-state index contributed by atoms with van der Waals surface area (Å²) in [7, 11) is 0. The number of unbranched alkanes of at least 4 members (excludes halogenated alkanes) is 2. The molecule has 8 heteroatoms. The van der Waals surface area contributed by atoms with Crippen LogP contribution in [0.1, 0.15) is 92.7 Å². The number of benzene rings is 1.